The molecule has 2 aromatic rings. The van der Waals surface area contributed by atoms with Crippen LogP contribution in [0.25, 0.3) is 10.1 Å². The van der Waals surface area contributed by atoms with Crippen LogP contribution in [0.1, 0.15) is 11.1 Å². The molecule has 0 spiro atoms. The Labute approximate surface area is 85.6 Å². The fourth-order valence-corrected chi connectivity index (χ4v) is 2.89. The van der Waals surface area contributed by atoms with Crippen molar-refractivity contribution >= 4 is 33.0 Å². The highest BCUT2D eigenvalue weighted by atomic mass is 35.5. The van der Waals surface area contributed by atoms with E-state index in [-0.39, 0.29) is 0 Å². The summed E-state index contributed by atoms with van der Waals surface area (Å²) in [4.78, 5) is 0. The van der Waals surface area contributed by atoms with Crippen LogP contribution in [0, 0.1) is 6.92 Å². The third-order valence-corrected chi connectivity index (χ3v) is 3.40. The molecule has 2 rings (SSSR count). The zero-order valence-corrected chi connectivity index (χ0v) is 8.75. The SMILES string of the molecule is Cc1cccc2sc(O)c(CCl)c12. The second-order valence-electron chi connectivity index (χ2n) is 2.97. The van der Waals surface area contributed by atoms with Gasteiger partial charge in [-0.1, -0.05) is 23.5 Å². The average molecular weight is 213 g/mol. The summed E-state index contributed by atoms with van der Waals surface area (Å²) in [5, 5.41) is 11.1. The molecule has 0 unspecified atom stereocenters. The molecule has 0 aliphatic heterocycles. The average Bonchev–Trinajstić information content (AvgIpc) is 2.42. The summed E-state index contributed by atoms with van der Waals surface area (Å²) in [6.45, 7) is 2.03. The summed E-state index contributed by atoms with van der Waals surface area (Å²) in [7, 11) is 0. The van der Waals surface area contributed by atoms with Gasteiger partial charge in [-0.05, 0) is 18.6 Å². The maximum Gasteiger partial charge on any atom is 0.176 e. The molecule has 0 amide bonds. The summed E-state index contributed by atoms with van der Waals surface area (Å²) >= 11 is 7.16. The molecule has 1 nitrogen and oxygen atoms in total. The molecule has 1 heterocycles. The smallest absolute Gasteiger partial charge is 0.176 e. The Morgan fingerprint density at radius 2 is 2.23 bits per heavy atom. The van der Waals surface area contributed by atoms with Gasteiger partial charge < -0.3 is 5.11 Å². The van der Waals surface area contributed by atoms with E-state index in [1.807, 2.05) is 25.1 Å². The molecule has 0 saturated heterocycles. The lowest BCUT2D eigenvalue weighted by Crippen LogP contribution is -1.78. The van der Waals surface area contributed by atoms with Gasteiger partial charge in [-0.2, -0.15) is 0 Å². The number of aromatic hydroxyl groups is 1. The highest BCUT2D eigenvalue weighted by Gasteiger charge is 2.11. The Morgan fingerprint density at radius 1 is 1.46 bits per heavy atom. The zero-order chi connectivity index (χ0) is 9.42. The van der Waals surface area contributed by atoms with Crippen LogP contribution >= 0.6 is 22.9 Å². The summed E-state index contributed by atoms with van der Waals surface area (Å²) in [6.07, 6.45) is 0. The van der Waals surface area contributed by atoms with Crippen LogP contribution in [0.3, 0.4) is 0 Å². The van der Waals surface area contributed by atoms with Gasteiger partial charge in [0.25, 0.3) is 0 Å². The molecule has 1 aromatic heterocycles. The van der Waals surface area contributed by atoms with Crippen molar-refractivity contribution in [3.63, 3.8) is 0 Å². The number of alkyl halides is 1. The predicted octanol–water partition coefficient (Wildman–Crippen LogP) is 3.65. The topological polar surface area (TPSA) is 20.2 Å². The number of aryl methyl sites for hydroxylation is 1. The van der Waals surface area contributed by atoms with Crippen molar-refractivity contribution in [2.75, 3.05) is 0 Å². The molecule has 3 heteroatoms. The minimum atomic E-state index is 0.347. The minimum absolute atomic E-state index is 0.347. The molecule has 1 aromatic carbocycles. The Hall–Kier alpha value is -0.730. The van der Waals surface area contributed by atoms with Crippen molar-refractivity contribution in [3.05, 3.63) is 29.3 Å². The van der Waals surface area contributed by atoms with Crippen molar-refractivity contribution in [3.8, 4) is 5.06 Å². The number of rotatable bonds is 1. The lowest BCUT2D eigenvalue weighted by atomic mass is 10.1. The molecule has 0 radical (unpaired) electrons. The first kappa shape index (κ1) is 8.85. The first-order chi connectivity index (χ1) is 6.24. The third-order valence-electron chi connectivity index (χ3n) is 2.13. The molecule has 0 atom stereocenters. The van der Waals surface area contributed by atoms with Gasteiger partial charge in [0.1, 0.15) is 0 Å². The van der Waals surface area contributed by atoms with Gasteiger partial charge in [-0.3, -0.25) is 0 Å². The van der Waals surface area contributed by atoms with Crippen LogP contribution in [-0.4, -0.2) is 5.11 Å². The van der Waals surface area contributed by atoms with Crippen LogP contribution in [-0.2, 0) is 5.88 Å². The molecular formula is C10H9ClOS. The number of hydrogen-bond donors (Lipinski definition) is 1. The molecule has 0 aliphatic carbocycles. The number of hydrogen-bond acceptors (Lipinski definition) is 2. The maximum absolute atomic E-state index is 9.59. The van der Waals surface area contributed by atoms with Gasteiger partial charge in [-0.25, -0.2) is 0 Å². The van der Waals surface area contributed by atoms with Crippen LogP contribution in [0.15, 0.2) is 18.2 Å². The minimum Gasteiger partial charge on any atom is -0.499 e. The second kappa shape index (κ2) is 3.20. The molecular weight excluding hydrogens is 204 g/mol. The molecule has 13 heavy (non-hydrogen) atoms. The summed E-state index contributed by atoms with van der Waals surface area (Å²) in [6, 6.07) is 6.03. The van der Waals surface area contributed by atoms with E-state index < -0.39 is 0 Å². The highest BCUT2D eigenvalue weighted by Crippen LogP contribution is 2.38. The molecule has 0 aliphatic rings. The van der Waals surface area contributed by atoms with Gasteiger partial charge in [0.2, 0.25) is 0 Å². The van der Waals surface area contributed by atoms with E-state index in [0.29, 0.717) is 10.9 Å². The van der Waals surface area contributed by atoms with Gasteiger partial charge >= 0.3 is 0 Å². The normalized spacial score (nSPS) is 10.9. The number of halogens is 1. The Kier molecular flexibility index (Phi) is 2.18. The Bertz CT molecular complexity index is 447. The second-order valence-corrected chi connectivity index (χ2v) is 4.27. The number of thiophene rings is 1. The van der Waals surface area contributed by atoms with Crippen molar-refractivity contribution < 1.29 is 5.11 Å². The maximum atomic E-state index is 9.59. The van der Waals surface area contributed by atoms with Crippen molar-refractivity contribution in [2.45, 2.75) is 12.8 Å². The van der Waals surface area contributed by atoms with E-state index in [4.69, 9.17) is 11.6 Å². The molecule has 0 saturated carbocycles. The van der Waals surface area contributed by atoms with Gasteiger partial charge in [0.15, 0.2) is 5.06 Å². The van der Waals surface area contributed by atoms with Crippen molar-refractivity contribution in [1.29, 1.82) is 0 Å². The first-order valence-corrected chi connectivity index (χ1v) is 5.35. The lowest BCUT2D eigenvalue weighted by molar-refractivity contribution is 0.487. The predicted molar refractivity (Wildman–Crippen MR) is 57.8 cm³/mol. The van der Waals surface area contributed by atoms with Crippen LogP contribution < -0.4 is 0 Å². The van der Waals surface area contributed by atoms with E-state index in [1.165, 1.54) is 16.9 Å². The quantitative estimate of drug-likeness (QED) is 0.716. The number of benzene rings is 1. The third kappa shape index (κ3) is 1.30. The summed E-state index contributed by atoms with van der Waals surface area (Å²) < 4.78 is 1.10. The van der Waals surface area contributed by atoms with E-state index >= 15 is 0 Å². The summed E-state index contributed by atoms with van der Waals surface area (Å²) in [5.74, 6) is 0.372. The van der Waals surface area contributed by atoms with Crippen molar-refractivity contribution in [1.82, 2.24) is 0 Å². The Morgan fingerprint density at radius 3 is 2.92 bits per heavy atom. The molecule has 68 valence electrons. The fraction of sp³-hybridized carbons (Fsp3) is 0.200. The van der Waals surface area contributed by atoms with Gasteiger partial charge in [0, 0.05) is 15.6 Å². The summed E-state index contributed by atoms with van der Waals surface area (Å²) in [5.41, 5.74) is 2.03. The van der Waals surface area contributed by atoms with E-state index in [1.54, 1.807) is 0 Å². The van der Waals surface area contributed by atoms with Gasteiger partial charge in [-0.15, -0.1) is 11.6 Å². The first-order valence-electron chi connectivity index (χ1n) is 4.00. The van der Waals surface area contributed by atoms with Gasteiger partial charge in [0.05, 0.1) is 5.88 Å². The highest BCUT2D eigenvalue weighted by molar-refractivity contribution is 7.21. The standard InChI is InChI=1S/C10H9ClOS/c1-6-3-2-4-8-9(6)7(5-11)10(12)13-8/h2-4,12H,5H2,1H3. The zero-order valence-electron chi connectivity index (χ0n) is 7.17. The van der Waals surface area contributed by atoms with Crippen molar-refractivity contribution in [2.24, 2.45) is 0 Å². The van der Waals surface area contributed by atoms with Crippen LogP contribution in [0.5, 0.6) is 5.06 Å². The Balaban J connectivity index is 2.88. The molecule has 0 bridgehead atoms. The van der Waals surface area contributed by atoms with E-state index in [2.05, 4.69) is 0 Å². The molecule has 1 N–H and O–H groups in total. The fourth-order valence-electron chi connectivity index (χ4n) is 1.51. The van der Waals surface area contributed by atoms with E-state index in [0.717, 1.165) is 15.6 Å². The van der Waals surface area contributed by atoms with Crippen LogP contribution in [0.4, 0.5) is 0 Å². The molecule has 0 fully saturated rings. The lowest BCUT2D eigenvalue weighted by Gasteiger charge is -1.97. The number of fused-ring (bicyclic) bond motifs is 1. The van der Waals surface area contributed by atoms with Crippen LogP contribution in [0.2, 0.25) is 0 Å². The van der Waals surface area contributed by atoms with E-state index in [9.17, 15) is 5.11 Å². The monoisotopic (exact) mass is 212 g/mol. The largest absolute Gasteiger partial charge is 0.499 e.